The summed E-state index contributed by atoms with van der Waals surface area (Å²) in [5.74, 6) is -0.532. The van der Waals surface area contributed by atoms with Gasteiger partial charge in [0.25, 0.3) is 5.91 Å². The van der Waals surface area contributed by atoms with E-state index in [-0.39, 0.29) is 12.0 Å². The minimum Gasteiger partial charge on any atom is -0.269 e. The van der Waals surface area contributed by atoms with Crippen molar-refractivity contribution in [3.8, 4) is 0 Å². The summed E-state index contributed by atoms with van der Waals surface area (Å²) in [5, 5.41) is 11.9. The monoisotopic (exact) mass is 303 g/mol. The molecule has 0 spiro atoms. The van der Waals surface area contributed by atoms with Gasteiger partial charge in [0.1, 0.15) is 0 Å². The highest BCUT2D eigenvalue weighted by molar-refractivity contribution is 5.94. The Bertz CT molecular complexity index is 900. The standard InChI is InChI=1S/C15H17N3O4/c1-9(2)13(19)17-11-6-7-15(5,18(21)22)8-12(11)16(10(3)4)14(17)20/h6,8H,1,3,7H2,2,4-5H3/t15-/m0/s1. The molecule has 22 heavy (non-hydrogen) atoms. The van der Waals surface area contributed by atoms with Gasteiger partial charge in [-0.25, -0.2) is 9.36 Å². The van der Waals surface area contributed by atoms with Crippen molar-refractivity contribution in [3.05, 3.63) is 50.0 Å². The van der Waals surface area contributed by atoms with E-state index in [2.05, 4.69) is 13.2 Å². The van der Waals surface area contributed by atoms with Crippen molar-refractivity contribution in [1.82, 2.24) is 9.13 Å². The Labute approximate surface area is 126 Å². The number of aromatic nitrogens is 2. The zero-order valence-electron chi connectivity index (χ0n) is 12.8. The predicted molar refractivity (Wildman–Crippen MR) is 83.3 cm³/mol. The molecule has 1 atom stereocenters. The third kappa shape index (κ3) is 2.14. The minimum absolute atomic E-state index is 0.0934. The second-order valence-corrected chi connectivity index (χ2v) is 5.71. The molecule has 0 aromatic carbocycles. The third-order valence-corrected chi connectivity index (χ3v) is 3.65. The lowest BCUT2D eigenvalue weighted by molar-refractivity contribution is -0.543. The van der Waals surface area contributed by atoms with Crippen LogP contribution < -0.4 is 16.4 Å². The number of nitro groups is 1. The summed E-state index contributed by atoms with van der Waals surface area (Å²) >= 11 is 0. The lowest BCUT2D eigenvalue weighted by Crippen LogP contribution is -2.45. The SMILES string of the molecule is C=C(C)C(=O)n1c2c(n(C(=C)C)c1=O)=C[C@@](C)([N+](=O)[O-])CC=2. The maximum Gasteiger partial charge on any atom is 0.340 e. The average Bonchev–Trinajstić information content (AvgIpc) is 2.68. The minimum atomic E-state index is -1.32. The van der Waals surface area contributed by atoms with Crippen molar-refractivity contribution in [3.63, 3.8) is 0 Å². The summed E-state index contributed by atoms with van der Waals surface area (Å²) < 4.78 is 2.20. The molecule has 116 valence electrons. The number of carbonyl (C=O) groups excluding carboxylic acids is 1. The highest BCUT2D eigenvalue weighted by Crippen LogP contribution is 2.18. The number of hydrogen-bond donors (Lipinski definition) is 0. The van der Waals surface area contributed by atoms with Gasteiger partial charge in [0, 0.05) is 35.6 Å². The first-order valence-electron chi connectivity index (χ1n) is 6.67. The molecule has 0 amide bonds. The number of fused-ring (bicyclic) bond motifs is 1. The van der Waals surface area contributed by atoms with Crippen LogP contribution in [0.15, 0.2) is 23.5 Å². The summed E-state index contributed by atoms with van der Waals surface area (Å²) in [5.41, 5.74) is -1.33. The summed E-state index contributed by atoms with van der Waals surface area (Å²) in [7, 11) is 0. The van der Waals surface area contributed by atoms with Gasteiger partial charge in [0.15, 0.2) is 0 Å². The van der Waals surface area contributed by atoms with Crippen LogP contribution in [-0.4, -0.2) is 25.5 Å². The van der Waals surface area contributed by atoms with Crippen molar-refractivity contribution in [2.75, 3.05) is 0 Å². The zero-order valence-corrected chi connectivity index (χ0v) is 12.8. The fourth-order valence-electron chi connectivity index (χ4n) is 2.41. The van der Waals surface area contributed by atoms with Gasteiger partial charge in [-0.2, -0.15) is 0 Å². The van der Waals surface area contributed by atoms with E-state index in [0.29, 0.717) is 16.4 Å². The first kappa shape index (κ1) is 15.7. The fourth-order valence-corrected chi connectivity index (χ4v) is 2.41. The average molecular weight is 303 g/mol. The Hall–Kier alpha value is -2.70. The molecule has 0 saturated heterocycles. The van der Waals surface area contributed by atoms with E-state index in [4.69, 9.17) is 0 Å². The predicted octanol–water partition coefficient (Wildman–Crippen LogP) is 0.357. The molecule has 7 nitrogen and oxygen atoms in total. The normalized spacial score (nSPS) is 19.6. The Balaban J connectivity index is 2.97. The highest BCUT2D eigenvalue weighted by Gasteiger charge is 2.36. The topological polar surface area (TPSA) is 87.1 Å². The summed E-state index contributed by atoms with van der Waals surface area (Å²) in [6.07, 6.45) is 3.04. The molecule has 0 radical (unpaired) electrons. The molecule has 7 heteroatoms. The van der Waals surface area contributed by atoms with E-state index in [1.54, 1.807) is 13.0 Å². The molecule has 0 fully saturated rings. The summed E-state index contributed by atoms with van der Waals surface area (Å²) in [4.78, 5) is 35.6. The molecule has 1 heterocycles. The number of rotatable bonds is 3. The van der Waals surface area contributed by atoms with E-state index in [0.717, 1.165) is 4.57 Å². The quantitative estimate of drug-likeness (QED) is 0.458. The first-order chi connectivity index (χ1) is 10.1. The summed E-state index contributed by atoms with van der Waals surface area (Å²) in [6, 6.07) is 0. The van der Waals surface area contributed by atoms with Gasteiger partial charge >= 0.3 is 5.69 Å². The lowest BCUT2D eigenvalue weighted by Gasteiger charge is -2.17. The van der Waals surface area contributed by atoms with Crippen molar-refractivity contribution < 1.29 is 9.72 Å². The van der Waals surface area contributed by atoms with Crippen molar-refractivity contribution >= 4 is 23.8 Å². The molecular weight excluding hydrogens is 286 g/mol. The highest BCUT2D eigenvalue weighted by atomic mass is 16.6. The van der Waals surface area contributed by atoms with E-state index < -0.39 is 22.1 Å². The second-order valence-electron chi connectivity index (χ2n) is 5.71. The Kier molecular flexibility index (Phi) is 3.52. The van der Waals surface area contributed by atoms with Crippen molar-refractivity contribution in [2.45, 2.75) is 32.7 Å². The van der Waals surface area contributed by atoms with Crippen LogP contribution in [0.1, 0.15) is 32.0 Å². The van der Waals surface area contributed by atoms with Crippen LogP contribution in [0.2, 0.25) is 0 Å². The van der Waals surface area contributed by atoms with Gasteiger partial charge in [-0.05, 0) is 13.8 Å². The summed E-state index contributed by atoms with van der Waals surface area (Å²) in [6.45, 7) is 11.9. The Morgan fingerprint density at radius 1 is 1.32 bits per heavy atom. The molecule has 1 aromatic rings. The van der Waals surface area contributed by atoms with Crippen LogP contribution in [-0.2, 0) is 0 Å². The van der Waals surface area contributed by atoms with Crippen LogP contribution in [0.3, 0.4) is 0 Å². The number of hydrogen-bond acceptors (Lipinski definition) is 4. The number of allylic oxidation sites excluding steroid dienone is 2. The van der Waals surface area contributed by atoms with Crippen molar-refractivity contribution in [2.24, 2.45) is 0 Å². The van der Waals surface area contributed by atoms with Crippen molar-refractivity contribution in [1.29, 1.82) is 0 Å². The zero-order chi connectivity index (χ0) is 16.8. The molecule has 0 bridgehead atoms. The van der Waals surface area contributed by atoms with E-state index in [1.807, 2.05) is 0 Å². The molecule has 0 saturated carbocycles. The van der Waals surface area contributed by atoms with E-state index in [9.17, 15) is 19.7 Å². The van der Waals surface area contributed by atoms with Gasteiger partial charge in [0.2, 0.25) is 5.54 Å². The number of carbonyl (C=O) groups is 1. The molecule has 1 aliphatic rings. The molecule has 2 rings (SSSR count). The third-order valence-electron chi connectivity index (χ3n) is 3.65. The molecule has 0 aliphatic heterocycles. The van der Waals surface area contributed by atoms with Crippen LogP contribution in [0.4, 0.5) is 0 Å². The maximum atomic E-state index is 12.5. The molecular formula is C15H17N3O4. The van der Waals surface area contributed by atoms with Crippen LogP contribution in [0.25, 0.3) is 17.8 Å². The lowest BCUT2D eigenvalue weighted by atomic mass is 9.95. The van der Waals surface area contributed by atoms with Gasteiger partial charge in [-0.3, -0.25) is 19.5 Å². The van der Waals surface area contributed by atoms with Crippen LogP contribution in [0, 0.1) is 10.1 Å². The largest absolute Gasteiger partial charge is 0.340 e. The smallest absolute Gasteiger partial charge is 0.269 e. The molecule has 0 unspecified atom stereocenters. The molecule has 1 aliphatic carbocycles. The van der Waals surface area contributed by atoms with Crippen LogP contribution >= 0.6 is 0 Å². The van der Waals surface area contributed by atoms with E-state index in [1.165, 1.54) is 24.5 Å². The molecule has 0 N–H and O–H groups in total. The molecule has 1 aromatic heterocycles. The fraction of sp³-hybridized carbons (Fsp3) is 0.333. The van der Waals surface area contributed by atoms with Gasteiger partial charge in [-0.15, -0.1) is 0 Å². The number of imidazole rings is 1. The Morgan fingerprint density at radius 3 is 2.36 bits per heavy atom. The van der Waals surface area contributed by atoms with Gasteiger partial charge < -0.3 is 0 Å². The van der Waals surface area contributed by atoms with E-state index >= 15 is 0 Å². The second kappa shape index (κ2) is 4.94. The number of nitrogens with zero attached hydrogens (tertiary/aromatic N) is 3. The first-order valence-corrected chi connectivity index (χ1v) is 6.67. The van der Waals surface area contributed by atoms with Gasteiger partial charge in [-0.1, -0.05) is 19.2 Å². The Morgan fingerprint density at radius 2 is 1.91 bits per heavy atom. The van der Waals surface area contributed by atoms with Gasteiger partial charge in [0.05, 0.1) is 10.7 Å². The van der Waals surface area contributed by atoms with Crippen LogP contribution in [0.5, 0.6) is 0 Å². The maximum absolute atomic E-state index is 12.5.